The van der Waals surface area contributed by atoms with Crippen LogP contribution in [0.5, 0.6) is 6.01 Å². The minimum Gasteiger partial charge on any atom is -0.463 e. The normalized spacial score (nSPS) is 14.5. The number of carbonyl (C=O) groups is 1. The molecule has 7 heteroatoms. The van der Waals surface area contributed by atoms with Gasteiger partial charge in [-0.05, 0) is 56.2 Å². The van der Waals surface area contributed by atoms with Crippen LogP contribution in [0.25, 0.3) is 17.1 Å². The molecule has 1 fully saturated rings. The number of carbonyl (C=O) groups excluding carboxylic acids is 1. The fraction of sp³-hybridized carbons (Fsp3) is 0.348. The zero-order chi connectivity index (χ0) is 20.9. The first-order valence-electron chi connectivity index (χ1n) is 10.4. The molecule has 6 nitrogen and oxygen atoms in total. The average molecular weight is 408 g/mol. The van der Waals surface area contributed by atoms with Gasteiger partial charge in [0.25, 0.3) is 0 Å². The Morgan fingerprint density at radius 2 is 1.87 bits per heavy atom. The lowest BCUT2D eigenvalue weighted by Gasteiger charge is -2.20. The van der Waals surface area contributed by atoms with Crippen molar-refractivity contribution in [2.75, 3.05) is 11.9 Å². The Bertz CT molecular complexity index is 1010. The lowest BCUT2D eigenvalue weighted by molar-refractivity contribution is -0.120. The highest BCUT2D eigenvalue weighted by Gasteiger charge is 2.21. The second kappa shape index (κ2) is 9.07. The van der Waals surface area contributed by atoms with Gasteiger partial charge in [-0.3, -0.25) is 4.79 Å². The second-order valence-electron chi connectivity index (χ2n) is 7.41. The van der Waals surface area contributed by atoms with E-state index in [0.717, 1.165) is 31.4 Å². The number of halogens is 1. The van der Waals surface area contributed by atoms with E-state index in [4.69, 9.17) is 4.74 Å². The van der Waals surface area contributed by atoms with E-state index in [1.54, 1.807) is 22.9 Å². The predicted octanol–water partition coefficient (Wildman–Crippen LogP) is 4.99. The Kier molecular flexibility index (Phi) is 6.07. The van der Waals surface area contributed by atoms with E-state index in [-0.39, 0.29) is 23.7 Å². The van der Waals surface area contributed by atoms with Gasteiger partial charge in [-0.1, -0.05) is 31.4 Å². The third-order valence-corrected chi connectivity index (χ3v) is 5.33. The zero-order valence-electron chi connectivity index (χ0n) is 17.0. The number of rotatable bonds is 6. The fourth-order valence-corrected chi connectivity index (χ4v) is 3.78. The molecule has 1 heterocycles. The Morgan fingerprint density at radius 1 is 1.13 bits per heavy atom. The van der Waals surface area contributed by atoms with E-state index in [2.05, 4.69) is 15.4 Å². The van der Waals surface area contributed by atoms with Gasteiger partial charge >= 0.3 is 6.01 Å². The first-order chi connectivity index (χ1) is 14.7. The van der Waals surface area contributed by atoms with Crippen LogP contribution in [0, 0.1) is 11.7 Å². The maximum absolute atomic E-state index is 14.4. The van der Waals surface area contributed by atoms with Crippen molar-refractivity contribution in [1.82, 2.24) is 14.8 Å². The summed E-state index contributed by atoms with van der Waals surface area (Å²) in [6.07, 6.45) is 5.35. The van der Waals surface area contributed by atoms with E-state index >= 15 is 0 Å². The molecule has 1 amide bonds. The van der Waals surface area contributed by atoms with Gasteiger partial charge in [0, 0.05) is 11.6 Å². The molecule has 2 aromatic carbocycles. The van der Waals surface area contributed by atoms with E-state index in [1.807, 2.05) is 31.2 Å². The Labute approximate surface area is 175 Å². The number of nitrogens with one attached hydrogen (secondary N) is 1. The SMILES string of the molecule is CCOc1nc(-c2ccccc2F)n(-c2ccc(NC(=O)C3CCCCC3)cc2)n1. The molecule has 30 heavy (non-hydrogen) atoms. The first-order valence-corrected chi connectivity index (χ1v) is 10.4. The van der Waals surface area contributed by atoms with Crippen molar-refractivity contribution in [3.63, 3.8) is 0 Å². The fourth-order valence-electron chi connectivity index (χ4n) is 3.78. The summed E-state index contributed by atoms with van der Waals surface area (Å²) in [6, 6.07) is 13.9. The predicted molar refractivity (Wildman–Crippen MR) is 113 cm³/mol. The topological polar surface area (TPSA) is 69.0 Å². The van der Waals surface area contributed by atoms with Crippen LogP contribution in [0.4, 0.5) is 10.1 Å². The van der Waals surface area contributed by atoms with Crippen LogP contribution in [-0.2, 0) is 4.79 Å². The Morgan fingerprint density at radius 3 is 2.57 bits per heavy atom. The number of hydrogen-bond acceptors (Lipinski definition) is 4. The molecule has 1 N–H and O–H groups in total. The average Bonchev–Trinajstić information content (AvgIpc) is 3.19. The molecule has 0 atom stereocenters. The van der Waals surface area contributed by atoms with Gasteiger partial charge < -0.3 is 10.1 Å². The third-order valence-electron chi connectivity index (χ3n) is 5.33. The van der Waals surface area contributed by atoms with Crippen LogP contribution in [0.3, 0.4) is 0 Å². The van der Waals surface area contributed by atoms with Crippen LogP contribution in [0.15, 0.2) is 48.5 Å². The summed E-state index contributed by atoms with van der Waals surface area (Å²) in [5, 5.41) is 7.38. The number of amides is 1. The highest BCUT2D eigenvalue weighted by atomic mass is 19.1. The van der Waals surface area contributed by atoms with E-state index < -0.39 is 0 Å². The Hall–Kier alpha value is -3.22. The lowest BCUT2D eigenvalue weighted by Crippen LogP contribution is -2.24. The van der Waals surface area contributed by atoms with Gasteiger partial charge in [0.05, 0.1) is 17.9 Å². The van der Waals surface area contributed by atoms with Crippen LogP contribution in [0.1, 0.15) is 39.0 Å². The molecule has 156 valence electrons. The standard InChI is InChI=1S/C23H25FN4O2/c1-2-30-23-26-21(19-10-6-7-11-20(19)24)28(27-23)18-14-12-17(13-15-18)25-22(29)16-8-4-3-5-9-16/h6-7,10-16H,2-5,8-9H2,1H3,(H,25,29). The molecular weight excluding hydrogens is 383 g/mol. The van der Waals surface area contributed by atoms with Crippen LogP contribution < -0.4 is 10.1 Å². The van der Waals surface area contributed by atoms with Gasteiger partial charge in [0.15, 0.2) is 5.82 Å². The van der Waals surface area contributed by atoms with Crippen molar-refractivity contribution in [3.05, 3.63) is 54.3 Å². The summed E-state index contributed by atoms with van der Waals surface area (Å²) in [4.78, 5) is 16.8. The van der Waals surface area contributed by atoms with E-state index in [9.17, 15) is 9.18 Å². The molecule has 0 spiro atoms. The molecule has 0 saturated heterocycles. The van der Waals surface area contributed by atoms with Crippen molar-refractivity contribution < 1.29 is 13.9 Å². The summed E-state index contributed by atoms with van der Waals surface area (Å²) in [6.45, 7) is 2.25. The number of nitrogens with zero attached hydrogens (tertiary/aromatic N) is 3. The molecule has 0 unspecified atom stereocenters. The zero-order valence-corrected chi connectivity index (χ0v) is 17.0. The highest BCUT2D eigenvalue weighted by molar-refractivity contribution is 5.92. The molecule has 1 aromatic heterocycles. The first kappa shape index (κ1) is 20.1. The van der Waals surface area contributed by atoms with Crippen molar-refractivity contribution in [1.29, 1.82) is 0 Å². The maximum Gasteiger partial charge on any atom is 0.336 e. The van der Waals surface area contributed by atoms with Crippen LogP contribution in [0.2, 0.25) is 0 Å². The highest BCUT2D eigenvalue weighted by Crippen LogP contribution is 2.27. The number of ether oxygens (including phenoxy) is 1. The molecule has 4 rings (SSSR count). The van der Waals surface area contributed by atoms with Crippen LogP contribution in [-0.4, -0.2) is 27.3 Å². The summed E-state index contributed by atoms with van der Waals surface area (Å²) in [5.41, 5.74) is 1.76. The van der Waals surface area contributed by atoms with Crippen molar-refractivity contribution in [3.8, 4) is 23.1 Å². The number of hydrogen-bond donors (Lipinski definition) is 1. The lowest BCUT2D eigenvalue weighted by atomic mass is 9.88. The second-order valence-corrected chi connectivity index (χ2v) is 7.41. The molecule has 1 aliphatic rings. The molecule has 1 saturated carbocycles. The monoisotopic (exact) mass is 408 g/mol. The van der Waals surface area contributed by atoms with Gasteiger partial charge in [-0.15, -0.1) is 5.10 Å². The number of benzene rings is 2. The van der Waals surface area contributed by atoms with E-state index in [0.29, 0.717) is 23.7 Å². The maximum atomic E-state index is 14.4. The summed E-state index contributed by atoms with van der Waals surface area (Å²) in [7, 11) is 0. The van der Waals surface area contributed by atoms with Gasteiger partial charge in [0.2, 0.25) is 5.91 Å². The molecule has 0 bridgehead atoms. The van der Waals surface area contributed by atoms with E-state index in [1.165, 1.54) is 12.5 Å². The number of aromatic nitrogens is 3. The smallest absolute Gasteiger partial charge is 0.336 e. The summed E-state index contributed by atoms with van der Waals surface area (Å²) >= 11 is 0. The quantitative estimate of drug-likeness (QED) is 0.624. The van der Waals surface area contributed by atoms with Gasteiger partial charge in [0.1, 0.15) is 5.82 Å². The molecule has 0 aliphatic heterocycles. The largest absolute Gasteiger partial charge is 0.463 e. The van der Waals surface area contributed by atoms with Crippen molar-refractivity contribution in [2.24, 2.45) is 5.92 Å². The Balaban J connectivity index is 1.59. The molecule has 3 aromatic rings. The molecule has 0 radical (unpaired) electrons. The van der Waals surface area contributed by atoms with Crippen molar-refractivity contribution >= 4 is 11.6 Å². The third kappa shape index (κ3) is 4.35. The summed E-state index contributed by atoms with van der Waals surface area (Å²) in [5.74, 6) is 0.144. The molecule has 1 aliphatic carbocycles. The minimum atomic E-state index is -0.384. The number of anilines is 1. The molecular formula is C23H25FN4O2. The minimum absolute atomic E-state index is 0.0777. The van der Waals surface area contributed by atoms with Crippen LogP contribution >= 0.6 is 0 Å². The van der Waals surface area contributed by atoms with Gasteiger partial charge in [-0.25, -0.2) is 9.07 Å². The summed E-state index contributed by atoms with van der Waals surface area (Å²) < 4.78 is 21.4. The van der Waals surface area contributed by atoms with Crippen molar-refractivity contribution in [2.45, 2.75) is 39.0 Å². The van der Waals surface area contributed by atoms with Gasteiger partial charge in [-0.2, -0.15) is 4.98 Å².